The summed E-state index contributed by atoms with van der Waals surface area (Å²) in [5.41, 5.74) is 2.29. The molecule has 1 aromatic rings. The molecule has 3 rings (SSSR count). The fourth-order valence-electron chi connectivity index (χ4n) is 2.47. The zero-order chi connectivity index (χ0) is 10.4. The van der Waals surface area contributed by atoms with Crippen LogP contribution in [0.2, 0.25) is 0 Å². The summed E-state index contributed by atoms with van der Waals surface area (Å²) in [7, 11) is 0. The van der Waals surface area contributed by atoms with Crippen LogP contribution in [0.25, 0.3) is 0 Å². The van der Waals surface area contributed by atoms with E-state index in [-0.39, 0.29) is 11.9 Å². The molecule has 0 unspecified atom stereocenters. The first kappa shape index (κ1) is 9.09. The van der Waals surface area contributed by atoms with Gasteiger partial charge in [-0.1, -0.05) is 6.07 Å². The van der Waals surface area contributed by atoms with Crippen molar-refractivity contribution in [2.24, 2.45) is 0 Å². The van der Waals surface area contributed by atoms with Crippen LogP contribution < -0.4 is 10.6 Å². The molecular formula is C11H11FN2S. The molecule has 2 aliphatic rings. The van der Waals surface area contributed by atoms with Gasteiger partial charge in [-0.15, -0.1) is 0 Å². The topological polar surface area (TPSA) is 24.1 Å². The minimum atomic E-state index is -0.152. The van der Waals surface area contributed by atoms with Gasteiger partial charge in [0.1, 0.15) is 5.82 Å². The molecule has 1 aromatic carbocycles. The van der Waals surface area contributed by atoms with E-state index in [4.69, 9.17) is 12.2 Å². The van der Waals surface area contributed by atoms with Crippen LogP contribution in [0, 0.1) is 5.82 Å². The molecule has 4 heteroatoms. The molecule has 1 aliphatic carbocycles. The van der Waals surface area contributed by atoms with Gasteiger partial charge in [-0.2, -0.15) is 0 Å². The van der Waals surface area contributed by atoms with E-state index in [9.17, 15) is 4.39 Å². The predicted octanol–water partition coefficient (Wildman–Crippen LogP) is 1.66. The lowest BCUT2D eigenvalue weighted by atomic mass is 9.85. The number of aryl methyl sites for hydroxylation is 1. The first-order valence-electron chi connectivity index (χ1n) is 5.09. The summed E-state index contributed by atoms with van der Waals surface area (Å²) in [6.07, 6.45) is 1.93. The van der Waals surface area contributed by atoms with Crippen LogP contribution in [0.4, 0.5) is 4.39 Å². The molecule has 1 heterocycles. The molecule has 1 saturated heterocycles. The van der Waals surface area contributed by atoms with Crippen molar-refractivity contribution in [2.45, 2.75) is 24.9 Å². The molecule has 2 nitrogen and oxygen atoms in total. The summed E-state index contributed by atoms with van der Waals surface area (Å²) in [6.45, 7) is 0. The van der Waals surface area contributed by atoms with Crippen LogP contribution in [0.5, 0.6) is 0 Å². The Kier molecular flexibility index (Phi) is 1.92. The van der Waals surface area contributed by atoms with Gasteiger partial charge in [0, 0.05) is 0 Å². The van der Waals surface area contributed by atoms with E-state index in [1.54, 1.807) is 6.07 Å². The monoisotopic (exact) mass is 222 g/mol. The maximum Gasteiger partial charge on any atom is 0.167 e. The number of thiocarbonyl (C=S) groups is 1. The lowest BCUT2D eigenvalue weighted by Gasteiger charge is -2.27. The maximum atomic E-state index is 13.1. The smallest absolute Gasteiger partial charge is 0.167 e. The highest BCUT2D eigenvalue weighted by Gasteiger charge is 2.35. The molecule has 78 valence electrons. The fourth-order valence-corrected chi connectivity index (χ4v) is 2.75. The first-order chi connectivity index (χ1) is 7.24. The number of benzene rings is 1. The second-order valence-corrected chi connectivity index (χ2v) is 4.49. The minimum Gasteiger partial charge on any atom is -0.358 e. The molecular weight excluding hydrogens is 211 g/mol. The molecule has 2 N–H and O–H groups in total. The third-order valence-electron chi connectivity index (χ3n) is 3.17. The van der Waals surface area contributed by atoms with Crippen LogP contribution in [0.3, 0.4) is 0 Å². The van der Waals surface area contributed by atoms with Crippen molar-refractivity contribution in [3.8, 4) is 0 Å². The Morgan fingerprint density at radius 3 is 3.07 bits per heavy atom. The minimum absolute atomic E-state index is 0.152. The van der Waals surface area contributed by atoms with E-state index in [0.29, 0.717) is 11.2 Å². The van der Waals surface area contributed by atoms with E-state index >= 15 is 0 Å². The number of nitrogens with one attached hydrogen (secondary N) is 2. The van der Waals surface area contributed by atoms with Gasteiger partial charge >= 0.3 is 0 Å². The Morgan fingerprint density at radius 1 is 1.33 bits per heavy atom. The van der Waals surface area contributed by atoms with E-state index in [0.717, 1.165) is 18.4 Å². The molecule has 0 amide bonds. The van der Waals surface area contributed by atoms with Crippen LogP contribution >= 0.6 is 12.2 Å². The van der Waals surface area contributed by atoms with Crippen molar-refractivity contribution in [2.75, 3.05) is 0 Å². The Bertz CT molecular complexity index is 433. The van der Waals surface area contributed by atoms with E-state index in [2.05, 4.69) is 10.6 Å². The quantitative estimate of drug-likeness (QED) is 0.653. The third-order valence-corrected chi connectivity index (χ3v) is 3.41. The molecule has 0 radical (unpaired) electrons. The molecule has 15 heavy (non-hydrogen) atoms. The fraction of sp³-hybridized carbons (Fsp3) is 0.364. The average Bonchev–Trinajstić information content (AvgIpc) is 2.58. The lowest BCUT2D eigenvalue weighted by Crippen LogP contribution is -2.31. The van der Waals surface area contributed by atoms with Gasteiger partial charge in [-0.05, 0) is 48.3 Å². The summed E-state index contributed by atoms with van der Waals surface area (Å²) in [4.78, 5) is 0. The van der Waals surface area contributed by atoms with Crippen LogP contribution in [0.1, 0.15) is 23.6 Å². The van der Waals surface area contributed by atoms with Gasteiger partial charge < -0.3 is 10.6 Å². The van der Waals surface area contributed by atoms with Crippen LogP contribution in [-0.2, 0) is 6.42 Å². The number of hydrogen-bond acceptors (Lipinski definition) is 1. The largest absolute Gasteiger partial charge is 0.358 e. The van der Waals surface area contributed by atoms with Crippen LogP contribution in [-0.4, -0.2) is 11.2 Å². The van der Waals surface area contributed by atoms with Crippen molar-refractivity contribution >= 4 is 17.3 Å². The van der Waals surface area contributed by atoms with Crippen molar-refractivity contribution in [3.63, 3.8) is 0 Å². The van der Waals surface area contributed by atoms with E-state index in [1.165, 1.54) is 11.6 Å². The van der Waals surface area contributed by atoms with Gasteiger partial charge in [0.2, 0.25) is 0 Å². The Labute approximate surface area is 92.9 Å². The highest BCUT2D eigenvalue weighted by molar-refractivity contribution is 7.80. The zero-order valence-corrected chi connectivity index (χ0v) is 8.90. The molecule has 1 fully saturated rings. The predicted molar refractivity (Wildman–Crippen MR) is 60.1 cm³/mol. The summed E-state index contributed by atoms with van der Waals surface area (Å²) in [5, 5.41) is 7.18. The van der Waals surface area contributed by atoms with Crippen molar-refractivity contribution in [1.82, 2.24) is 10.6 Å². The van der Waals surface area contributed by atoms with Crippen molar-refractivity contribution in [3.05, 3.63) is 35.1 Å². The molecule has 0 aromatic heterocycles. The molecule has 0 saturated carbocycles. The summed E-state index contributed by atoms with van der Waals surface area (Å²) in [5.74, 6) is -0.152. The van der Waals surface area contributed by atoms with Gasteiger partial charge in [0.05, 0.1) is 12.1 Å². The SMILES string of the molecule is Fc1ccc2c(c1)CC[C@@H]1NC(=S)N[C@@H]21. The van der Waals surface area contributed by atoms with Gasteiger partial charge in [-0.25, -0.2) is 4.39 Å². The number of halogens is 1. The standard InChI is InChI=1S/C11H11FN2S/c12-7-2-3-8-6(5-7)1-4-9-10(8)14-11(15)13-9/h2-3,5,9-10H,1,4H2,(H2,13,14,15)/t9-,10-/m0/s1. The zero-order valence-electron chi connectivity index (χ0n) is 8.09. The van der Waals surface area contributed by atoms with Crippen molar-refractivity contribution < 1.29 is 4.39 Å². The molecule has 2 atom stereocenters. The number of hydrogen-bond donors (Lipinski definition) is 2. The lowest BCUT2D eigenvalue weighted by molar-refractivity contribution is 0.464. The van der Waals surface area contributed by atoms with Gasteiger partial charge in [0.25, 0.3) is 0 Å². The highest BCUT2D eigenvalue weighted by atomic mass is 32.1. The second-order valence-electron chi connectivity index (χ2n) is 4.08. The summed E-state index contributed by atoms with van der Waals surface area (Å²) >= 11 is 5.09. The summed E-state index contributed by atoms with van der Waals surface area (Å²) < 4.78 is 13.1. The molecule has 0 bridgehead atoms. The maximum absolute atomic E-state index is 13.1. The Balaban J connectivity index is 2.05. The molecule has 0 spiro atoms. The average molecular weight is 222 g/mol. The van der Waals surface area contributed by atoms with Gasteiger partial charge in [0.15, 0.2) is 5.11 Å². The van der Waals surface area contributed by atoms with Gasteiger partial charge in [-0.3, -0.25) is 0 Å². The summed E-state index contributed by atoms with van der Waals surface area (Å²) in [6, 6.07) is 5.61. The normalized spacial score (nSPS) is 27.7. The van der Waals surface area contributed by atoms with E-state index < -0.39 is 0 Å². The second kappa shape index (κ2) is 3.17. The molecule has 1 aliphatic heterocycles. The third kappa shape index (κ3) is 1.40. The first-order valence-corrected chi connectivity index (χ1v) is 5.50. The Morgan fingerprint density at radius 2 is 2.20 bits per heavy atom. The highest BCUT2D eigenvalue weighted by Crippen LogP contribution is 2.32. The van der Waals surface area contributed by atoms with Crippen LogP contribution in [0.15, 0.2) is 18.2 Å². The Hall–Kier alpha value is -1.16. The number of fused-ring (bicyclic) bond motifs is 3. The van der Waals surface area contributed by atoms with E-state index in [1.807, 2.05) is 6.07 Å². The number of rotatable bonds is 0. The van der Waals surface area contributed by atoms with Crippen molar-refractivity contribution in [1.29, 1.82) is 0 Å².